The van der Waals surface area contributed by atoms with Crippen LogP contribution in [-0.2, 0) is 11.3 Å². The molecule has 0 saturated heterocycles. The van der Waals surface area contributed by atoms with E-state index in [4.69, 9.17) is 14.6 Å². The standard InChI is InChI=1S/C14H20BrNO6/c1-3-4-5-22-13-11(14(20)21-2)16(6-9(18)8-17)7-10(15)12(13)19/h7,9,17-18H,3-6,8H2,1-2H3. The number of pyridine rings is 1. The Labute approximate surface area is 136 Å². The zero-order valence-electron chi connectivity index (χ0n) is 12.5. The summed E-state index contributed by atoms with van der Waals surface area (Å²) in [6.07, 6.45) is 1.88. The van der Waals surface area contributed by atoms with Crippen molar-refractivity contribution in [2.24, 2.45) is 0 Å². The number of ether oxygens (including phenoxy) is 2. The molecule has 0 aromatic carbocycles. The molecule has 0 aliphatic carbocycles. The molecule has 7 nitrogen and oxygen atoms in total. The number of esters is 1. The minimum Gasteiger partial charge on any atom is -0.487 e. The topological polar surface area (TPSA) is 98.0 Å². The van der Waals surface area contributed by atoms with E-state index in [1.165, 1.54) is 17.9 Å². The van der Waals surface area contributed by atoms with Crippen LogP contribution in [0, 0.1) is 0 Å². The normalized spacial score (nSPS) is 12.0. The maximum atomic E-state index is 12.2. The Bertz CT molecular complexity index is 571. The predicted octanol–water partition coefficient (Wildman–Crippen LogP) is 0.929. The summed E-state index contributed by atoms with van der Waals surface area (Å²) >= 11 is 3.11. The summed E-state index contributed by atoms with van der Waals surface area (Å²) in [5.74, 6) is -0.874. The van der Waals surface area contributed by atoms with Gasteiger partial charge >= 0.3 is 5.97 Å². The van der Waals surface area contributed by atoms with Crippen LogP contribution in [0.15, 0.2) is 15.5 Å². The molecule has 0 bridgehead atoms. The Kier molecular flexibility index (Phi) is 7.57. The Morgan fingerprint density at radius 1 is 1.50 bits per heavy atom. The molecule has 22 heavy (non-hydrogen) atoms. The molecule has 0 aliphatic rings. The highest BCUT2D eigenvalue weighted by atomic mass is 79.9. The van der Waals surface area contributed by atoms with Crippen LogP contribution in [0.5, 0.6) is 5.75 Å². The van der Waals surface area contributed by atoms with Crippen molar-refractivity contribution in [3.05, 3.63) is 26.6 Å². The number of hydrogen-bond acceptors (Lipinski definition) is 6. The number of hydrogen-bond donors (Lipinski definition) is 2. The number of nitrogens with zero attached hydrogens (tertiary/aromatic N) is 1. The molecule has 2 N–H and O–H groups in total. The number of unbranched alkanes of at least 4 members (excludes halogenated alkanes) is 1. The number of aliphatic hydroxyl groups is 2. The van der Waals surface area contributed by atoms with Crippen LogP contribution >= 0.6 is 15.9 Å². The average molecular weight is 378 g/mol. The van der Waals surface area contributed by atoms with Crippen molar-refractivity contribution in [3.63, 3.8) is 0 Å². The summed E-state index contributed by atoms with van der Waals surface area (Å²) in [6.45, 7) is 1.70. The number of carbonyl (C=O) groups is 1. The van der Waals surface area contributed by atoms with Crippen LogP contribution < -0.4 is 10.2 Å². The molecule has 1 aromatic rings. The van der Waals surface area contributed by atoms with Crippen LogP contribution in [0.1, 0.15) is 30.3 Å². The molecular formula is C14H20BrNO6. The molecular weight excluding hydrogens is 358 g/mol. The summed E-state index contributed by atoms with van der Waals surface area (Å²) in [7, 11) is 1.19. The lowest BCUT2D eigenvalue weighted by molar-refractivity contribution is 0.0558. The molecule has 1 aromatic heterocycles. The van der Waals surface area contributed by atoms with E-state index in [9.17, 15) is 14.7 Å². The van der Waals surface area contributed by atoms with Gasteiger partial charge in [0.2, 0.25) is 5.43 Å². The van der Waals surface area contributed by atoms with E-state index in [1.807, 2.05) is 6.92 Å². The number of methoxy groups -OCH3 is 1. The van der Waals surface area contributed by atoms with E-state index in [1.54, 1.807) is 0 Å². The summed E-state index contributed by atoms with van der Waals surface area (Å²) < 4.78 is 11.7. The molecule has 1 atom stereocenters. The fourth-order valence-corrected chi connectivity index (χ4v) is 2.22. The van der Waals surface area contributed by atoms with Crippen molar-refractivity contribution in [3.8, 4) is 5.75 Å². The van der Waals surface area contributed by atoms with Gasteiger partial charge in [-0.25, -0.2) is 4.79 Å². The summed E-state index contributed by atoms with van der Waals surface area (Å²) in [6, 6.07) is 0. The number of rotatable bonds is 8. The van der Waals surface area contributed by atoms with E-state index < -0.39 is 24.1 Å². The zero-order valence-corrected chi connectivity index (χ0v) is 14.1. The SMILES string of the molecule is CCCCOc1c(C(=O)OC)n(CC(O)CO)cc(Br)c1=O. The van der Waals surface area contributed by atoms with E-state index in [2.05, 4.69) is 15.9 Å². The van der Waals surface area contributed by atoms with Gasteiger partial charge in [0.15, 0.2) is 11.4 Å². The highest BCUT2D eigenvalue weighted by Crippen LogP contribution is 2.20. The highest BCUT2D eigenvalue weighted by Gasteiger charge is 2.24. The molecule has 0 radical (unpaired) electrons. The van der Waals surface area contributed by atoms with Gasteiger partial charge in [-0.2, -0.15) is 0 Å². The Hall–Kier alpha value is -1.38. The molecule has 0 spiro atoms. The number of halogens is 1. The van der Waals surface area contributed by atoms with Crippen LogP contribution in [0.3, 0.4) is 0 Å². The zero-order chi connectivity index (χ0) is 16.7. The maximum Gasteiger partial charge on any atom is 0.358 e. The van der Waals surface area contributed by atoms with Crippen molar-refractivity contribution < 1.29 is 24.5 Å². The smallest absolute Gasteiger partial charge is 0.358 e. The van der Waals surface area contributed by atoms with Gasteiger partial charge in [0.25, 0.3) is 0 Å². The van der Waals surface area contributed by atoms with Crippen LogP contribution in [-0.4, -0.2) is 47.2 Å². The van der Waals surface area contributed by atoms with Crippen molar-refractivity contribution in [1.82, 2.24) is 4.57 Å². The quantitative estimate of drug-likeness (QED) is 0.516. The molecule has 1 heterocycles. The van der Waals surface area contributed by atoms with Gasteiger partial charge in [0.1, 0.15) is 0 Å². The van der Waals surface area contributed by atoms with E-state index >= 15 is 0 Å². The highest BCUT2D eigenvalue weighted by molar-refractivity contribution is 9.10. The first-order valence-electron chi connectivity index (χ1n) is 6.89. The van der Waals surface area contributed by atoms with Crippen LogP contribution in [0.4, 0.5) is 0 Å². The minimum absolute atomic E-state index is 0.0794. The minimum atomic E-state index is -1.08. The van der Waals surface area contributed by atoms with Crippen molar-refractivity contribution in [2.45, 2.75) is 32.4 Å². The number of carbonyl (C=O) groups excluding carboxylic acids is 1. The number of aliphatic hydroxyl groups excluding tert-OH is 2. The first-order valence-corrected chi connectivity index (χ1v) is 7.68. The first kappa shape index (κ1) is 18.7. The molecule has 1 unspecified atom stereocenters. The second-order valence-corrected chi connectivity index (χ2v) is 5.52. The molecule has 8 heteroatoms. The van der Waals surface area contributed by atoms with Crippen molar-refractivity contribution >= 4 is 21.9 Å². The molecule has 0 saturated carbocycles. The van der Waals surface area contributed by atoms with Gasteiger partial charge < -0.3 is 24.3 Å². The largest absolute Gasteiger partial charge is 0.487 e. The van der Waals surface area contributed by atoms with E-state index in [0.29, 0.717) is 0 Å². The predicted molar refractivity (Wildman–Crippen MR) is 83.2 cm³/mol. The van der Waals surface area contributed by atoms with Crippen LogP contribution in [0.25, 0.3) is 0 Å². The lowest BCUT2D eigenvalue weighted by Gasteiger charge is -2.18. The van der Waals surface area contributed by atoms with E-state index in [0.717, 1.165) is 12.8 Å². The van der Waals surface area contributed by atoms with Gasteiger partial charge in [-0.1, -0.05) is 13.3 Å². The fraction of sp³-hybridized carbons (Fsp3) is 0.571. The molecule has 124 valence electrons. The Balaban J connectivity index is 3.36. The third-order valence-corrected chi connectivity index (χ3v) is 3.50. The third kappa shape index (κ3) is 4.56. The summed E-state index contributed by atoms with van der Waals surface area (Å²) in [5.41, 5.74) is -0.550. The molecule has 1 rings (SSSR count). The van der Waals surface area contributed by atoms with E-state index in [-0.39, 0.29) is 29.1 Å². The second-order valence-electron chi connectivity index (χ2n) is 4.67. The first-order chi connectivity index (χ1) is 10.5. The lowest BCUT2D eigenvalue weighted by Crippen LogP contribution is -2.28. The lowest BCUT2D eigenvalue weighted by atomic mass is 10.2. The summed E-state index contributed by atoms with van der Waals surface area (Å²) in [4.78, 5) is 24.2. The van der Waals surface area contributed by atoms with Gasteiger partial charge in [0, 0.05) is 6.20 Å². The van der Waals surface area contributed by atoms with Gasteiger partial charge in [-0.05, 0) is 22.4 Å². The fourth-order valence-electron chi connectivity index (χ4n) is 1.79. The molecule has 0 amide bonds. The van der Waals surface area contributed by atoms with Gasteiger partial charge in [0.05, 0.1) is 37.4 Å². The molecule has 0 fully saturated rings. The number of aromatic nitrogens is 1. The second kappa shape index (κ2) is 8.92. The Morgan fingerprint density at radius 3 is 2.73 bits per heavy atom. The van der Waals surface area contributed by atoms with Gasteiger partial charge in [-0.3, -0.25) is 4.79 Å². The van der Waals surface area contributed by atoms with Crippen molar-refractivity contribution in [2.75, 3.05) is 20.3 Å². The third-order valence-electron chi connectivity index (χ3n) is 2.94. The van der Waals surface area contributed by atoms with Crippen molar-refractivity contribution in [1.29, 1.82) is 0 Å². The maximum absolute atomic E-state index is 12.2. The monoisotopic (exact) mass is 377 g/mol. The average Bonchev–Trinajstić information content (AvgIpc) is 2.51. The molecule has 0 aliphatic heterocycles. The van der Waals surface area contributed by atoms with Crippen LogP contribution in [0.2, 0.25) is 0 Å². The summed E-state index contributed by atoms with van der Waals surface area (Å²) in [5, 5.41) is 18.6. The van der Waals surface area contributed by atoms with Gasteiger partial charge in [-0.15, -0.1) is 0 Å². The Morgan fingerprint density at radius 2 is 2.18 bits per heavy atom.